The molecule has 14 nitrogen and oxygen atoms in total. The molecular formula is C46H58O14. The van der Waals surface area contributed by atoms with Gasteiger partial charge in [0.25, 0.3) is 0 Å². The minimum atomic E-state index is -2.17. The molecule has 0 amide bonds. The Morgan fingerprint density at radius 3 is 2.03 bits per heavy atom. The molecule has 3 unspecified atom stereocenters. The summed E-state index contributed by atoms with van der Waals surface area (Å²) in [4.78, 5) is 68.8. The smallest absolute Gasteiger partial charge is 0.339 e. The van der Waals surface area contributed by atoms with Crippen LogP contribution in [0, 0.1) is 22.7 Å². The largest absolute Gasteiger partial charge is 0.456 e. The zero-order chi connectivity index (χ0) is 44.1. The molecule has 326 valence electrons. The fraction of sp³-hybridized carbons (Fsp3) is 0.587. The molecule has 3 N–H and O–H groups in total. The number of hydrogen-bond acceptors (Lipinski definition) is 14. The highest BCUT2D eigenvalue weighted by Gasteiger charge is 2.78. The zero-order valence-electron chi connectivity index (χ0n) is 35.7. The van der Waals surface area contributed by atoms with Crippen molar-refractivity contribution in [2.75, 3.05) is 6.61 Å². The summed E-state index contributed by atoms with van der Waals surface area (Å²) in [6.07, 6.45) is -11.3. The Morgan fingerprint density at radius 1 is 0.900 bits per heavy atom. The van der Waals surface area contributed by atoms with Crippen molar-refractivity contribution in [3.8, 4) is 0 Å². The van der Waals surface area contributed by atoms with Crippen LogP contribution in [0.4, 0.5) is 0 Å². The molecule has 14 heteroatoms. The van der Waals surface area contributed by atoms with E-state index in [9.17, 15) is 34.5 Å². The summed E-state index contributed by atoms with van der Waals surface area (Å²) < 4.78 is 36.9. The maximum atomic E-state index is 15.5. The molecule has 2 saturated carbocycles. The average Bonchev–Trinajstić information content (AvgIpc) is 3.20. The monoisotopic (exact) mass is 834 g/mol. The number of carbonyl (C=O) groups is 5. The minimum Gasteiger partial charge on any atom is -0.456 e. The van der Waals surface area contributed by atoms with Crippen molar-refractivity contribution < 1.29 is 67.7 Å². The number of aliphatic hydroxyl groups is 3. The Hall–Kier alpha value is -4.47. The number of fused-ring (bicyclic) bond motifs is 5. The Morgan fingerprint density at radius 2 is 1.50 bits per heavy atom. The number of Topliss-reactive ketones (excluding diaryl/α,β-unsaturated/α-hetero) is 1. The highest BCUT2D eigenvalue weighted by atomic mass is 16.6. The van der Waals surface area contributed by atoms with Gasteiger partial charge < -0.3 is 43.7 Å². The van der Waals surface area contributed by atoms with E-state index in [1.54, 1.807) is 71.9 Å². The second-order valence-electron chi connectivity index (χ2n) is 17.6. The molecule has 2 aromatic rings. The minimum absolute atomic E-state index is 0.105. The molecule has 0 radical (unpaired) electrons. The summed E-state index contributed by atoms with van der Waals surface area (Å²) in [7, 11) is 0. The number of hydrogen-bond donors (Lipinski definition) is 3. The Kier molecular flexibility index (Phi) is 12.6. The molecule has 0 spiro atoms. The van der Waals surface area contributed by atoms with Gasteiger partial charge in [-0.2, -0.15) is 0 Å². The van der Waals surface area contributed by atoms with Crippen LogP contribution in [-0.2, 0) is 52.4 Å². The summed E-state index contributed by atoms with van der Waals surface area (Å²) in [6.45, 7) is 13.8. The molecular weight excluding hydrogens is 776 g/mol. The first-order valence-electron chi connectivity index (χ1n) is 20.6. The molecule has 2 aromatic carbocycles. The molecule has 3 fully saturated rings. The van der Waals surface area contributed by atoms with Crippen LogP contribution in [0.25, 0.3) is 0 Å². The van der Waals surface area contributed by atoms with Gasteiger partial charge in [-0.15, -0.1) is 0 Å². The van der Waals surface area contributed by atoms with E-state index in [1.807, 2.05) is 30.3 Å². The van der Waals surface area contributed by atoms with E-state index in [4.69, 9.17) is 28.4 Å². The van der Waals surface area contributed by atoms with Gasteiger partial charge in [-0.25, -0.2) is 4.79 Å². The molecule has 1 aliphatic heterocycles. The Balaban J connectivity index is 1.55. The van der Waals surface area contributed by atoms with Gasteiger partial charge in [0.1, 0.15) is 17.8 Å². The topological polar surface area (TPSA) is 201 Å². The van der Waals surface area contributed by atoms with Gasteiger partial charge in [-0.1, -0.05) is 88.4 Å². The van der Waals surface area contributed by atoms with E-state index in [1.165, 1.54) is 13.8 Å². The van der Waals surface area contributed by atoms with Crippen LogP contribution in [0.15, 0.2) is 71.8 Å². The summed E-state index contributed by atoms with van der Waals surface area (Å²) >= 11 is 0. The molecule has 0 aromatic heterocycles. The van der Waals surface area contributed by atoms with Gasteiger partial charge in [-0.05, 0) is 49.5 Å². The average molecular weight is 835 g/mol. The molecule has 1 heterocycles. The molecule has 4 aliphatic rings. The third kappa shape index (κ3) is 7.48. The molecule has 1 saturated heterocycles. The number of carbonyl (C=O) groups excluding carboxylic acids is 5. The van der Waals surface area contributed by atoms with Gasteiger partial charge in [0.05, 0.1) is 36.3 Å². The number of ether oxygens (including phenoxy) is 6. The van der Waals surface area contributed by atoms with Gasteiger partial charge in [0.2, 0.25) is 0 Å². The molecule has 60 heavy (non-hydrogen) atoms. The normalized spacial score (nSPS) is 33.8. The third-order valence-corrected chi connectivity index (χ3v) is 13.7. The second-order valence-corrected chi connectivity index (χ2v) is 17.6. The van der Waals surface area contributed by atoms with Crippen molar-refractivity contribution in [3.63, 3.8) is 0 Å². The third-order valence-electron chi connectivity index (χ3n) is 13.7. The van der Waals surface area contributed by atoms with Gasteiger partial charge in [0, 0.05) is 38.0 Å². The highest BCUT2D eigenvalue weighted by molar-refractivity contribution is 5.95. The number of aliphatic hydroxyl groups excluding tert-OH is 2. The van der Waals surface area contributed by atoms with E-state index in [0.717, 1.165) is 6.92 Å². The molecule has 13 atom stereocenters. The SMILES string of the molecule is CCC(C)C(=O)O[C@@H](c1ccccc1)[C@@H](O)C(=O)O[C@@H]1C[C@@]2(O)[C@H](OC(C)c3ccccc3)[C@H]3C4(OC(C)=O)CO[C@@H]4C[C@H](O)[C@@]3(C)C(=O)[C@H](OC(C)=O)C(=C1C)C2(C)C. The Labute approximate surface area is 350 Å². The van der Waals surface area contributed by atoms with Crippen LogP contribution < -0.4 is 0 Å². The number of rotatable bonds is 12. The number of benzene rings is 2. The molecule has 3 aliphatic carbocycles. The van der Waals surface area contributed by atoms with E-state index in [2.05, 4.69) is 0 Å². The Bertz CT molecular complexity index is 2000. The van der Waals surface area contributed by atoms with Crippen LogP contribution in [0.2, 0.25) is 0 Å². The second kappa shape index (κ2) is 16.8. The van der Waals surface area contributed by atoms with Crippen molar-refractivity contribution >= 4 is 29.7 Å². The van der Waals surface area contributed by atoms with Crippen LogP contribution >= 0.6 is 0 Å². The van der Waals surface area contributed by atoms with Crippen molar-refractivity contribution in [1.29, 1.82) is 0 Å². The van der Waals surface area contributed by atoms with Gasteiger partial charge >= 0.3 is 23.9 Å². The zero-order valence-corrected chi connectivity index (χ0v) is 35.7. The van der Waals surface area contributed by atoms with Crippen molar-refractivity contribution in [2.45, 2.75) is 142 Å². The predicted molar refractivity (Wildman–Crippen MR) is 213 cm³/mol. The maximum absolute atomic E-state index is 15.5. The molecule has 6 rings (SSSR count). The summed E-state index contributed by atoms with van der Waals surface area (Å²) in [6, 6.07) is 17.4. The standard InChI is InChI=1S/C46H58O14/c1-10-24(2)41(52)59-36(30-19-15-12-16-20-30)35(50)42(53)58-31-22-46(54)40(56-26(4)29-17-13-11-14-18-29)38-44(9,32(49)21-33-45(38,23-55-33)60-28(6)48)39(51)37(57-27(5)47)34(25(31)3)43(46,7)8/h11-20,24,26,31-33,35-38,40,49-50,54H,10,21-23H2,1-9H3/t24?,26?,31-,32+,33-,35-,36+,37-,38-,40-,44-,45?,46-/m1/s1. The summed E-state index contributed by atoms with van der Waals surface area (Å²) in [5, 5.41) is 37.6. The first kappa shape index (κ1) is 45.1. The van der Waals surface area contributed by atoms with Crippen LogP contribution in [0.1, 0.15) is 105 Å². The quantitative estimate of drug-likeness (QED) is 0.149. The number of ketones is 1. The first-order valence-corrected chi connectivity index (χ1v) is 20.6. The predicted octanol–water partition coefficient (Wildman–Crippen LogP) is 4.82. The van der Waals surface area contributed by atoms with Crippen LogP contribution in [-0.4, -0.2) is 99.4 Å². The lowest BCUT2D eigenvalue weighted by Gasteiger charge is -2.68. The van der Waals surface area contributed by atoms with E-state index in [-0.39, 0.29) is 24.2 Å². The lowest BCUT2D eigenvalue weighted by atomic mass is 9.44. The van der Waals surface area contributed by atoms with Gasteiger partial charge in [0.15, 0.2) is 29.7 Å². The maximum Gasteiger partial charge on any atom is 0.339 e. The first-order chi connectivity index (χ1) is 28.1. The fourth-order valence-electron chi connectivity index (χ4n) is 10.0. The van der Waals surface area contributed by atoms with Crippen molar-refractivity contribution in [1.82, 2.24) is 0 Å². The number of esters is 4. The van der Waals surface area contributed by atoms with Gasteiger partial charge in [-0.3, -0.25) is 19.2 Å². The van der Waals surface area contributed by atoms with E-state index in [0.29, 0.717) is 17.5 Å². The highest BCUT2D eigenvalue weighted by Crippen LogP contribution is 2.65. The van der Waals surface area contributed by atoms with Crippen molar-refractivity contribution in [2.24, 2.45) is 22.7 Å². The van der Waals surface area contributed by atoms with Crippen LogP contribution in [0.3, 0.4) is 0 Å². The lowest BCUT2D eigenvalue weighted by Crippen LogP contribution is -2.81. The summed E-state index contributed by atoms with van der Waals surface area (Å²) in [5.74, 6) is -5.99. The fourth-order valence-corrected chi connectivity index (χ4v) is 10.0. The van der Waals surface area contributed by atoms with Crippen molar-refractivity contribution in [3.05, 3.63) is 82.9 Å². The van der Waals surface area contributed by atoms with E-state index >= 15 is 4.79 Å². The molecule has 2 bridgehead atoms. The van der Waals surface area contributed by atoms with E-state index < -0.39 is 119 Å². The summed E-state index contributed by atoms with van der Waals surface area (Å²) in [5.41, 5.74) is -5.80. The lowest BCUT2D eigenvalue weighted by molar-refractivity contribution is -0.354. The van der Waals surface area contributed by atoms with Crippen LogP contribution in [0.5, 0.6) is 0 Å².